The van der Waals surface area contributed by atoms with Crippen LogP contribution in [-0.4, -0.2) is 39.2 Å². The van der Waals surface area contributed by atoms with E-state index in [1.54, 1.807) is 39.3 Å². The lowest BCUT2D eigenvalue weighted by molar-refractivity contribution is -0.130. The van der Waals surface area contributed by atoms with Crippen molar-refractivity contribution in [3.05, 3.63) is 47.5 Å². The van der Waals surface area contributed by atoms with Crippen molar-refractivity contribution in [1.82, 2.24) is 4.90 Å². The topological polar surface area (TPSA) is 74.0 Å². The predicted molar refractivity (Wildman–Crippen MR) is 102 cm³/mol. The number of aryl methyl sites for hydroxylation is 1. The van der Waals surface area contributed by atoms with Crippen LogP contribution in [0.4, 0.5) is 5.69 Å². The Hall–Kier alpha value is -2.89. The smallest absolute Gasteiger partial charge is 0.222 e. The molecule has 2 aromatic carbocycles. The largest absolute Gasteiger partial charge is 0.495 e. The standard InChI is InChI=1S/C20H26N2O4/c1-22(13-15-6-9-17(24-2)19(12-15)26-4)20(23)10-7-14-5-8-16(21)18(11-14)25-3/h5-6,8-9,11-12H,7,10,13,21H2,1-4H3. The lowest BCUT2D eigenvalue weighted by Gasteiger charge is -2.18. The van der Waals surface area contributed by atoms with E-state index in [-0.39, 0.29) is 5.91 Å². The van der Waals surface area contributed by atoms with E-state index in [2.05, 4.69) is 0 Å². The fourth-order valence-corrected chi connectivity index (χ4v) is 2.69. The molecule has 2 aromatic rings. The van der Waals surface area contributed by atoms with Crippen LogP contribution in [0.3, 0.4) is 0 Å². The summed E-state index contributed by atoms with van der Waals surface area (Å²) < 4.78 is 15.8. The molecule has 0 aromatic heterocycles. The second-order valence-corrected chi connectivity index (χ2v) is 6.02. The summed E-state index contributed by atoms with van der Waals surface area (Å²) in [6.07, 6.45) is 1.04. The molecule has 0 radical (unpaired) electrons. The molecule has 0 saturated heterocycles. The summed E-state index contributed by atoms with van der Waals surface area (Å²) in [6, 6.07) is 11.2. The number of carbonyl (C=O) groups is 1. The van der Waals surface area contributed by atoms with Crippen molar-refractivity contribution in [2.75, 3.05) is 34.1 Å². The summed E-state index contributed by atoms with van der Waals surface area (Å²) in [5, 5.41) is 0. The minimum Gasteiger partial charge on any atom is -0.495 e. The zero-order valence-electron chi connectivity index (χ0n) is 15.7. The van der Waals surface area contributed by atoms with Crippen LogP contribution in [0.5, 0.6) is 17.2 Å². The quantitative estimate of drug-likeness (QED) is 0.735. The van der Waals surface area contributed by atoms with Crippen LogP contribution in [-0.2, 0) is 17.8 Å². The van der Waals surface area contributed by atoms with Gasteiger partial charge in [-0.05, 0) is 41.8 Å². The lowest BCUT2D eigenvalue weighted by Crippen LogP contribution is -2.26. The molecule has 0 bridgehead atoms. The van der Waals surface area contributed by atoms with Crippen LogP contribution in [0.1, 0.15) is 17.5 Å². The summed E-state index contributed by atoms with van der Waals surface area (Å²) >= 11 is 0. The van der Waals surface area contributed by atoms with Crippen molar-refractivity contribution in [3.63, 3.8) is 0 Å². The van der Waals surface area contributed by atoms with Gasteiger partial charge in [-0.2, -0.15) is 0 Å². The molecule has 0 heterocycles. The fraction of sp³-hybridized carbons (Fsp3) is 0.350. The minimum atomic E-state index is 0.0653. The fourth-order valence-electron chi connectivity index (χ4n) is 2.69. The van der Waals surface area contributed by atoms with Crippen molar-refractivity contribution in [3.8, 4) is 17.2 Å². The first-order valence-corrected chi connectivity index (χ1v) is 8.35. The SMILES string of the molecule is COc1cc(CCC(=O)N(C)Cc2ccc(OC)c(OC)c2)ccc1N. The monoisotopic (exact) mass is 358 g/mol. The van der Waals surface area contributed by atoms with Crippen molar-refractivity contribution < 1.29 is 19.0 Å². The summed E-state index contributed by atoms with van der Waals surface area (Å²) in [4.78, 5) is 14.1. The zero-order valence-corrected chi connectivity index (χ0v) is 15.7. The molecule has 0 aliphatic carbocycles. The first-order valence-electron chi connectivity index (χ1n) is 8.35. The summed E-state index contributed by atoms with van der Waals surface area (Å²) in [5.41, 5.74) is 8.40. The maximum absolute atomic E-state index is 12.4. The van der Waals surface area contributed by atoms with E-state index >= 15 is 0 Å². The Morgan fingerprint density at radius 1 is 0.923 bits per heavy atom. The Morgan fingerprint density at radius 3 is 2.19 bits per heavy atom. The second kappa shape index (κ2) is 8.99. The van der Waals surface area contributed by atoms with Gasteiger partial charge >= 0.3 is 0 Å². The average molecular weight is 358 g/mol. The highest BCUT2D eigenvalue weighted by atomic mass is 16.5. The van der Waals surface area contributed by atoms with E-state index in [0.717, 1.165) is 11.1 Å². The predicted octanol–water partition coefficient (Wildman–Crippen LogP) is 2.89. The summed E-state index contributed by atoms with van der Waals surface area (Å²) in [6.45, 7) is 0.504. The zero-order chi connectivity index (χ0) is 19.1. The van der Waals surface area contributed by atoms with Crippen LogP contribution in [0.2, 0.25) is 0 Å². The molecule has 0 fully saturated rings. The van der Waals surface area contributed by atoms with Crippen LogP contribution < -0.4 is 19.9 Å². The van der Waals surface area contributed by atoms with E-state index in [0.29, 0.717) is 42.3 Å². The summed E-state index contributed by atoms with van der Waals surface area (Å²) in [7, 11) is 6.57. The van der Waals surface area contributed by atoms with E-state index in [1.165, 1.54) is 0 Å². The van der Waals surface area contributed by atoms with Gasteiger partial charge in [0.25, 0.3) is 0 Å². The number of nitrogens with two attached hydrogens (primary N) is 1. The van der Waals surface area contributed by atoms with Crippen LogP contribution in [0.15, 0.2) is 36.4 Å². The molecule has 0 spiro atoms. The molecule has 0 aliphatic rings. The molecule has 0 atom stereocenters. The van der Waals surface area contributed by atoms with Gasteiger partial charge in [0.2, 0.25) is 5.91 Å². The maximum Gasteiger partial charge on any atom is 0.222 e. The number of carbonyl (C=O) groups excluding carboxylic acids is 1. The van der Waals surface area contributed by atoms with E-state index in [9.17, 15) is 4.79 Å². The number of amides is 1. The highest BCUT2D eigenvalue weighted by Crippen LogP contribution is 2.28. The Labute approximate surface area is 154 Å². The third-order valence-electron chi connectivity index (χ3n) is 4.22. The van der Waals surface area contributed by atoms with Gasteiger partial charge < -0.3 is 24.8 Å². The molecule has 2 N–H and O–H groups in total. The number of rotatable bonds is 8. The van der Waals surface area contributed by atoms with Gasteiger partial charge in [0.05, 0.1) is 27.0 Å². The number of methoxy groups -OCH3 is 3. The third-order valence-corrected chi connectivity index (χ3v) is 4.22. The molecule has 0 saturated carbocycles. The Bertz CT molecular complexity index is 761. The van der Waals surface area contributed by atoms with E-state index < -0.39 is 0 Å². The molecule has 0 aliphatic heterocycles. The van der Waals surface area contributed by atoms with Gasteiger partial charge in [-0.15, -0.1) is 0 Å². The highest BCUT2D eigenvalue weighted by Gasteiger charge is 2.12. The molecule has 0 unspecified atom stereocenters. The van der Waals surface area contributed by atoms with Gasteiger partial charge in [-0.1, -0.05) is 12.1 Å². The molecular formula is C20H26N2O4. The maximum atomic E-state index is 12.4. The third kappa shape index (κ3) is 4.81. The molecule has 2 rings (SSSR count). The number of hydrogen-bond acceptors (Lipinski definition) is 5. The van der Waals surface area contributed by atoms with Gasteiger partial charge in [0, 0.05) is 20.0 Å². The minimum absolute atomic E-state index is 0.0653. The second-order valence-electron chi connectivity index (χ2n) is 6.02. The highest BCUT2D eigenvalue weighted by molar-refractivity contribution is 5.76. The molecular weight excluding hydrogens is 332 g/mol. The number of nitrogen functional groups attached to an aromatic ring is 1. The van der Waals surface area contributed by atoms with Gasteiger partial charge in [0.1, 0.15) is 5.75 Å². The van der Waals surface area contributed by atoms with Crippen LogP contribution in [0, 0.1) is 0 Å². The van der Waals surface area contributed by atoms with E-state index in [1.807, 2.05) is 30.3 Å². The van der Waals surface area contributed by atoms with Gasteiger partial charge in [0.15, 0.2) is 11.5 Å². The number of hydrogen-bond donors (Lipinski definition) is 1. The Kier molecular flexibility index (Phi) is 6.72. The first kappa shape index (κ1) is 19.4. The normalized spacial score (nSPS) is 10.3. The lowest BCUT2D eigenvalue weighted by atomic mass is 10.1. The number of nitrogens with zero attached hydrogens (tertiary/aromatic N) is 1. The van der Waals surface area contributed by atoms with Crippen LogP contribution >= 0.6 is 0 Å². The summed E-state index contributed by atoms with van der Waals surface area (Å²) in [5.74, 6) is 2.02. The van der Waals surface area contributed by atoms with E-state index in [4.69, 9.17) is 19.9 Å². The average Bonchev–Trinajstić information content (AvgIpc) is 2.66. The molecule has 140 valence electrons. The van der Waals surface area contributed by atoms with Gasteiger partial charge in [-0.25, -0.2) is 0 Å². The molecule has 1 amide bonds. The Balaban J connectivity index is 1.95. The number of anilines is 1. The van der Waals surface area contributed by atoms with Crippen molar-refractivity contribution >= 4 is 11.6 Å². The van der Waals surface area contributed by atoms with Crippen LogP contribution in [0.25, 0.3) is 0 Å². The Morgan fingerprint density at radius 2 is 1.54 bits per heavy atom. The number of ether oxygens (including phenoxy) is 3. The molecule has 6 heteroatoms. The van der Waals surface area contributed by atoms with Crippen molar-refractivity contribution in [1.29, 1.82) is 0 Å². The van der Waals surface area contributed by atoms with Crippen molar-refractivity contribution in [2.24, 2.45) is 0 Å². The first-order chi connectivity index (χ1) is 12.5. The van der Waals surface area contributed by atoms with Crippen molar-refractivity contribution in [2.45, 2.75) is 19.4 Å². The number of benzene rings is 2. The van der Waals surface area contributed by atoms with Gasteiger partial charge in [-0.3, -0.25) is 4.79 Å². The molecule has 6 nitrogen and oxygen atoms in total. The molecule has 26 heavy (non-hydrogen) atoms.